The number of fused-ring (bicyclic) bond motifs is 1. The van der Waals surface area contributed by atoms with Crippen molar-refractivity contribution in [3.05, 3.63) is 30.6 Å². The number of rotatable bonds is 2. The van der Waals surface area contributed by atoms with Gasteiger partial charge in [-0.3, -0.25) is 0 Å². The Balaban J connectivity index is 1.88. The van der Waals surface area contributed by atoms with Crippen molar-refractivity contribution in [2.24, 2.45) is 0 Å². The fraction of sp³-hybridized carbons (Fsp3) is 0.467. The predicted molar refractivity (Wildman–Crippen MR) is 79.7 cm³/mol. The Morgan fingerprint density at radius 1 is 1.05 bits per heavy atom. The van der Waals surface area contributed by atoms with Crippen molar-refractivity contribution in [1.82, 2.24) is 9.97 Å². The van der Waals surface area contributed by atoms with Gasteiger partial charge in [0.2, 0.25) is 0 Å². The Kier molecular flexibility index (Phi) is 3.83. The summed E-state index contributed by atoms with van der Waals surface area (Å²) in [5.74, 6) is 0.906. The third-order valence-electron chi connectivity index (χ3n) is 3.80. The second-order valence-electron chi connectivity index (χ2n) is 5.14. The van der Waals surface area contributed by atoms with Gasteiger partial charge in [0.05, 0.1) is 10.9 Å². The average molecular weight is 276 g/mol. The molecule has 100 valence electrons. The average Bonchev–Trinajstić information content (AvgIpc) is 2.65. The van der Waals surface area contributed by atoms with Gasteiger partial charge in [-0.2, -0.15) is 0 Å². The highest BCUT2D eigenvalue weighted by Gasteiger charge is 2.22. The number of benzene rings is 1. The quantitative estimate of drug-likeness (QED) is 0.665. The summed E-state index contributed by atoms with van der Waals surface area (Å²) in [5.41, 5.74) is 0.972. The van der Waals surface area contributed by atoms with E-state index in [0.29, 0.717) is 6.04 Å². The molecular formula is C15H18ClN3. The third kappa shape index (κ3) is 2.81. The molecule has 2 atom stereocenters. The molecule has 4 heteroatoms. The van der Waals surface area contributed by atoms with E-state index in [0.717, 1.165) is 29.6 Å². The van der Waals surface area contributed by atoms with Crippen molar-refractivity contribution in [2.45, 2.75) is 43.5 Å². The van der Waals surface area contributed by atoms with Crippen molar-refractivity contribution in [3.8, 4) is 0 Å². The van der Waals surface area contributed by atoms with Crippen LogP contribution in [0.4, 0.5) is 5.82 Å². The molecule has 1 saturated carbocycles. The Labute approximate surface area is 118 Å². The second-order valence-corrected chi connectivity index (χ2v) is 5.70. The van der Waals surface area contributed by atoms with Gasteiger partial charge in [0.25, 0.3) is 0 Å². The van der Waals surface area contributed by atoms with E-state index in [1.165, 1.54) is 19.3 Å². The Morgan fingerprint density at radius 3 is 2.84 bits per heavy atom. The molecule has 1 aromatic carbocycles. The highest BCUT2D eigenvalue weighted by atomic mass is 35.5. The topological polar surface area (TPSA) is 37.8 Å². The van der Waals surface area contributed by atoms with E-state index >= 15 is 0 Å². The molecule has 0 spiro atoms. The lowest BCUT2D eigenvalue weighted by Crippen LogP contribution is -2.29. The zero-order valence-electron chi connectivity index (χ0n) is 10.8. The lowest BCUT2D eigenvalue weighted by molar-refractivity contribution is 0.625. The minimum atomic E-state index is 0.191. The normalized spacial score (nSPS) is 24.1. The minimum absolute atomic E-state index is 0.191. The van der Waals surface area contributed by atoms with Crippen LogP contribution in [0.1, 0.15) is 32.1 Å². The molecule has 19 heavy (non-hydrogen) atoms. The van der Waals surface area contributed by atoms with Crippen LogP contribution in [0.2, 0.25) is 0 Å². The van der Waals surface area contributed by atoms with Crippen LogP contribution in [0.15, 0.2) is 30.6 Å². The highest BCUT2D eigenvalue weighted by molar-refractivity contribution is 6.21. The molecule has 0 bridgehead atoms. The van der Waals surface area contributed by atoms with E-state index in [2.05, 4.69) is 21.4 Å². The molecule has 1 aromatic heterocycles. The molecule has 1 aliphatic rings. The van der Waals surface area contributed by atoms with E-state index in [9.17, 15) is 0 Å². The Morgan fingerprint density at radius 2 is 1.89 bits per heavy atom. The number of hydrogen-bond donors (Lipinski definition) is 1. The molecule has 0 aliphatic heterocycles. The summed E-state index contributed by atoms with van der Waals surface area (Å²) < 4.78 is 0. The van der Waals surface area contributed by atoms with Gasteiger partial charge < -0.3 is 5.32 Å². The standard InChI is InChI=1S/C15H18ClN3/c16-12-7-2-1-3-9-14(12)19-15-11-6-4-5-8-13(11)17-10-18-15/h4-6,8,10,12,14H,1-3,7,9H2,(H,17,18,19). The van der Waals surface area contributed by atoms with Crippen molar-refractivity contribution >= 4 is 28.3 Å². The summed E-state index contributed by atoms with van der Waals surface area (Å²) >= 11 is 6.48. The highest BCUT2D eigenvalue weighted by Crippen LogP contribution is 2.27. The maximum Gasteiger partial charge on any atom is 0.137 e. The summed E-state index contributed by atoms with van der Waals surface area (Å²) in [6.07, 6.45) is 7.58. The van der Waals surface area contributed by atoms with Crippen LogP contribution in [0.5, 0.6) is 0 Å². The molecule has 1 N–H and O–H groups in total. The van der Waals surface area contributed by atoms with Gasteiger partial charge in [0, 0.05) is 11.4 Å². The summed E-state index contributed by atoms with van der Waals surface area (Å²) in [5, 5.41) is 4.79. The van der Waals surface area contributed by atoms with Crippen LogP contribution < -0.4 is 5.32 Å². The largest absolute Gasteiger partial charge is 0.365 e. The zero-order chi connectivity index (χ0) is 13.1. The van der Waals surface area contributed by atoms with Gasteiger partial charge in [-0.25, -0.2) is 9.97 Å². The molecule has 1 fully saturated rings. The van der Waals surface area contributed by atoms with Gasteiger partial charge in [-0.05, 0) is 25.0 Å². The molecule has 1 aliphatic carbocycles. The summed E-state index contributed by atoms with van der Waals surface area (Å²) in [6.45, 7) is 0. The van der Waals surface area contributed by atoms with Gasteiger partial charge >= 0.3 is 0 Å². The van der Waals surface area contributed by atoms with E-state index < -0.39 is 0 Å². The van der Waals surface area contributed by atoms with Crippen molar-refractivity contribution < 1.29 is 0 Å². The first-order valence-electron chi connectivity index (χ1n) is 6.95. The molecule has 3 nitrogen and oxygen atoms in total. The first kappa shape index (κ1) is 12.7. The Hall–Kier alpha value is -1.35. The lowest BCUT2D eigenvalue weighted by atomic mass is 10.1. The van der Waals surface area contributed by atoms with Crippen LogP contribution >= 0.6 is 11.6 Å². The molecule has 2 aromatic rings. The van der Waals surface area contributed by atoms with Gasteiger partial charge in [0.15, 0.2) is 0 Å². The van der Waals surface area contributed by atoms with Crippen LogP contribution in [0.25, 0.3) is 10.9 Å². The smallest absolute Gasteiger partial charge is 0.137 e. The monoisotopic (exact) mass is 275 g/mol. The van der Waals surface area contributed by atoms with Gasteiger partial charge in [0.1, 0.15) is 12.1 Å². The molecule has 0 amide bonds. The van der Waals surface area contributed by atoms with E-state index in [4.69, 9.17) is 11.6 Å². The van der Waals surface area contributed by atoms with Crippen molar-refractivity contribution in [1.29, 1.82) is 0 Å². The molecule has 1 heterocycles. The van der Waals surface area contributed by atoms with E-state index in [1.54, 1.807) is 6.33 Å². The number of para-hydroxylation sites is 1. The number of halogens is 1. The van der Waals surface area contributed by atoms with Crippen molar-refractivity contribution in [3.63, 3.8) is 0 Å². The molecule has 0 radical (unpaired) electrons. The van der Waals surface area contributed by atoms with Crippen molar-refractivity contribution in [2.75, 3.05) is 5.32 Å². The number of anilines is 1. The van der Waals surface area contributed by atoms with E-state index in [1.807, 2.05) is 18.2 Å². The first-order valence-corrected chi connectivity index (χ1v) is 7.38. The lowest BCUT2D eigenvalue weighted by Gasteiger charge is -2.22. The zero-order valence-corrected chi connectivity index (χ0v) is 11.6. The van der Waals surface area contributed by atoms with Crippen LogP contribution in [-0.4, -0.2) is 21.4 Å². The maximum absolute atomic E-state index is 6.48. The number of aromatic nitrogens is 2. The number of nitrogens with zero attached hydrogens (tertiary/aromatic N) is 2. The van der Waals surface area contributed by atoms with Crippen LogP contribution in [0, 0.1) is 0 Å². The second kappa shape index (κ2) is 5.74. The number of nitrogens with one attached hydrogen (secondary N) is 1. The van der Waals surface area contributed by atoms with Gasteiger partial charge in [-0.15, -0.1) is 11.6 Å². The maximum atomic E-state index is 6.48. The number of alkyl halides is 1. The molecule has 2 unspecified atom stereocenters. The fourth-order valence-electron chi connectivity index (χ4n) is 2.72. The molecule has 0 saturated heterocycles. The van der Waals surface area contributed by atoms with Crippen LogP contribution in [0.3, 0.4) is 0 Å². The third-order valence-corrected chi connectivity index (χ3v) is 4.32. The minimum Gasteiger partial charge on any atom is -0.365 e. The molecule has 3 rings (SSSR count). The summed E-state index contributed by atoms with van der Waals surface area (Å²) in [7, 11) is 0. The first-order chi connectivity index (χ1) is 9.34. The predicted octanol–water partition coefficient (Wildman–Crippen LogP) is 3.98. The summed E-state index contributed by atoms with van der Waals surface area (Å²) in [4.78, 5) is 8.67. The summed E-state index contributed by atoms with van der Waals surface area (Å²) in [6, 6.07) is 8.38. The van der Waals surface area contributed by atoms with Gasteiger partial charge in [-0.1, -0.05) is 31.4 Å². The molecular weight excluding hydrogens is 258 g/mol. The Bertz CT molecular complexity index is 553. The van der Waals surface area contributed by atoms with E-state index in [-0.39, 0.29) is 5.38 Å². The SMILES string of the molecule is ClC1CCCCCC1Nc1ncnc2ccccc12. The fourth-order valence-corrected chi connectivity index (χ4v) is 3.06. The number of hydrogen-bond acceptors (Lipinski definition) is 3. The van der Waals surface area contributed by atoms with Crippen LogP contribution in [-0.2, 0) is 0 Å².